The summed E-state index contributed by atoms with van der Waals surface area (Å²) in [6.45, 7) is 11.2. The van der Waals surface area contributed by atoms with Crippen molar-refractivity contribution in [2.24, 2.45) is 4.99 Å². The van der Waals surface area contributed by atoms with Gasteiger partial charge in [0.2, 0.25) is 5.91 Å². The molecule has 2 N–H and O–H groups in total. The molecule has 7 nitrogen and oxygen atoms in total. The average molecular weight is 466 g/mol. The van der Waals surface area contributed by atoms with Crippen molar-refractivity contribution in [3.8, 4) is 0 Å². The van der Waals surface area contributed by atoms with Crippen LogP contribution in [0.15, 0.2) is 4.99 Å². The molecule has 0 saturated carbocycles. The zero-order valence-corrected chi connectivity index (χ0v) is 18.5. The Morgan fingerprint density at radius 3 is 2.52 bits per heavy atom. The second-order valence-electron chi connectivity index (χ2n) is 6.96. The lowest BCUT2D eigenvalue weighted by Gasteiger charge is -2.36. The Bertz CT molecular complexity index is 439. The lowest BCUT2D eigenvalue weighted by atomic mass is 10.2. The van der Waals surface area contributed by atoms with Gasteiger partial charge in [-0.3, -0.25) is 14.7 Å². The zero-order chi connectivity index (χ0) is 17.5. The average Bonchev–Trinajstić information content (AvgIpc) is 3.06. The van der Waals surface area contributed by atoms with Crippen LogP contribution >= 0.6 is 24.0 Å². The summed E-state index contributed by atoms with van der Waals surface area (Å²) in [5.74, 6) is 1.08. The van der Waals surface area contributed by atoms with Crippen molar-refractivity contribution in [1.82, 2.24) is 25.3 Å². The van der Waals surface area contributed by atoms with E-state index in [4.69, 9.17) is 0 Å². The first-order valence-corrected chi connectivity index (χ1v) is 9.21. The van der Waals surface area contributed by atoms with Gasteiger partial charge in [-0.1, -0.05) is 6.92 Å². The standard InChI is InChI=1S/C17H34N6O.HI/c1-5-16(24)23-7-6-15(13-23)20-17(18-3)19-12-14(2)22-10-8-21(4)9-11-22;/h14-15H,5-13H2,1-4H3,(H2,18,19,20);1H. The van der Waals surface area contributed by atoms with E-state index in [1.54, 1.807) is 7.05 Å². The Balaban J connectivity index is 0.00000312. The smallest absolute Gasteiger partial charge is 0.222 e. The molecular weight excluding hydrogens is 431 g/mol. The van der Waals surface area contributed by atoms with Crippen molar-refractivity contribution in [2.75, 3.05) is 59.9 Å². The van der Waals surface area contributed by atoms with E-state index in [2.05, 4.69) is 39.4 Å². The van der Waals surface area contributed by atoms with Crippen molar-refractivity contribution in [2.45, 2.75) is 38.8 Å². The maximum atomic E-state index is 11.8. The van der Waals surface area contributed by atoms with Gasteiger partial charge in [-0.2, -0.15) is 0 Å². The SMILES string of the molecule is CCC(=O)N1CCC(NC(=NC)NCC(C)N2CCN(C)CC2)C1.I. The number of halogens is 1. The van der Waals surface area contributed by atoms with Crippen molar-refractivity contribution < 1.29 is 4.79 Å². The summed E-state index contributed by atoms with van der Waals surface area (Å²) in [5.41, 5.74) is 0. The van der Waals surface area contributed by atoms with Crippen LogP contribution in [0.1, 0.15) is 26.7 Å². The van der Waals surface area contributed by atoms with Crippen LogP contribution in [0, 0.1) is 0 Å². The second-order valence-corrected chi connectivity index (χ2v) is 6.96. The molecule has 0 aliphatic carbocycles. The monoisotopic (exact) mass is 466 g/mol. The first-order chi connectivity index (χ1) is 11.5. The number of aliphatic imine (C=N–C) groups is 1. The summed E-state index contributed by atoms with van der Waals surface area (Å²) >= 11 is 0. The van der Waals surface area contributed by atoms with Gasteiger partial charge in [-0.15, -0.1) is 24.0 Å². The lowest BCUT2D eigenvalue weighted by molar-refractivity contribution is -0.129. The highest BCUT2D eigenvalue weighted by atomic mass is 127. The maximum absolute atomic E-state index is 11.8. The number of carbonyl (C=O) groups is 1. The molecule has 2 heterocycles. The summed E-state index contributed by atoms with van der Waals surface area (Å²) < 4.78 is 0. The summed E-state index contributed by atoms with van der Waals surface area (Å²) in [5, 5.41) is 6.90. The molecule has 1 amide bonds. The topological polar surface area (TPSA) is 63.2 Å². The molecule has 2 rings (SSSR count). The van der Waals surface area contributed by atoms with Gasteiger partial charge < -0.3 is 20.4 Å². The Labute approximate surface area is 169 Å². The van der Waals surface area contributed by atoms with E-state index < -0.39 is 0 Å². The number of amides is 1. The predicted molar refractivity (Wildman–Crippen MR) is 114 cm³/mol. The minimum absolute atomic E-state index is 0. The molecule has 0 aromatic heterocycles. The molecule has 0 spiro atoms. The van der Waals surface area contributed by atoms with Gasteiger partial charge in [0.1, 0.15) is 0 Å². The Morgan fingerprint density at radius 1 is 1.24 bits per heavy atom. The third-order valence-corrected chi connectivity index (χ3v) is 5.13. The number of guanidine groups is 1. The van der Waals surface area contributed by atoms with Crippen LogP contribution in [-0.4, -0.2) is 98.6 Å². The van der Waals surface area contributed by atoms with Gasteiger partial charge in [0.15, 0.2) is 5.96 Å². The van der Waals surface area contributed by atoms with Crippen molar-refractivity contribution in [1.29, 1.82) is 0 Å². The van der Waals surface area contributed by atoms with Gasteiger partial charge in [0.05, 0.1) is 0 Å². The van der Waals surface area contributed by atoms with Crippen LogP contribution in [0.5, 0.6) is 0 Å². The van der Waals surface area contributed by atoms with Gasteiger partial charge in [0.25, 0.3) is 0 Å². The number of carbonyl (C=O) groups excluding carboxylic acids is 1. The van der Waals surface area contributed by atoms with Gasteiger partial charge in [0, 0.05) is 71.4 Å². The van der Waals surface area contributed by atoms with E-state index in [0.717, 1.165) is 58.2 Å². The minimum Gasteiger partial charge on any atom is -0.355 e. The fraction of sp³-hybridized carbons (Fsp3) is 0.882. The molecule has 0 aromatic carbocycles. The molecule has 2 aliphatic heterocycles. The number of nitrogens with zero attached hydrogens (tertiary/aromatic N) is 4. The molecule has 8 heteroatoms. The lowest BCUT2D eigenvalue weighted by Crippen LogP contribution is -2.53. The molecule has 2 fully saturated rings. The van der Waals surface area contributed by atoms with Crippen LogP contribution in [-0.2, 0) is 4.79 Å². The van der Waals surface area contributed by atoms with Crippen LogP contribution in [0.4, 0.5) is 0 Å². The second kappa shape index (κ2) is 11.2. The van der Waals surface area contributed by atoms with E-state index in [9.17, 15) is 4.79 Å². The number of piperazine rings is 1. The van der Waals surface area contributed by atoms with Crippen LogP contribution in [0.25, 0.3) is 0 Å². The molecular formula is C17H35IN6O. The van der Waals surface area contributed by atoms with E-state index >= 15 is 0 Å². The van der Waals surface area contributed by atoms with Crippen molar-refractivity contribution in [3.05, 3.63) is 0 Å². The van der Waals surface area contributed by atoms with E-state index in [0.29, 0.717) is 18.5 Å². The zero-order valence-electron chi connectivity index (χ0n) is 16.1. The van der Waals surface area contributed by atoms with E-state index in [1.807, 2.05) is 11.8 Å². The molecule has 2 unspecified atom stereocenters. The van der Waals surface area contributed by atoms with Gasteiger partial charge in [-0.05, 0) is 20.4 Å². The summed E-state index contributed by atoms with van der Waals surface area (Å²) in [6, 6.07) is 0.782. The number of hydrogen-bond donors (Lipinski definition) is 2. The Kier molecular flexibility index (Phi) is 10.0. The molecule has 2 aliphatic rings. The van der Waals surface area contributed by atoms with Crippen molar-refractivity contribution >= 4 is 35.8 Å². The van der Waals surface area contributed by atoms with Gasteiger partial charge in [-0.25, -0.2) is 0 Å². The van der Waals surface area contributed by atoms with Crippen LogP contribution in [0.2, 0.25) is 0 Å². The number of likely N-dealkylation sites (tertiary alicyclic amines) is 1. The normalized spacial score (nSPS) is 23.9. The fourth-order valence-corrected chi connectivity index (χ4v) is 3.35. The number of nitrogens with one attached hydrogen (secondary N) is 2. The molecule has 0 radical (unpaired) electrons. The number of rotatable bonds is 5. The number of hydrogen-bond acceptors (Lipinski definition) is 4. The minimum atomic E-state index is 0. The van der Waals surface area contributed by atoms with Crippen LogP contribution in [0.3, 0.4) is 0 Å². The summed E-state index contributed by atoms with van der Waals surface area (Å²) in [7, 11) is 3.99. The molecule has 0 bridgehead atoms. The Morgan fingerprint density at radius 2 is 1.92 bits per heavy atom. The molecule has 2 atom stereocenters. The third-order valence-electron chi connectivity index (χ3n) is 5.13. The highest BCUT2D eigenvalue weighted by Gasteiger charge is 2.26. The summed E-state index contributed by atoms with van der Waals surface area (Å²) in [4.78, 5) is 22.9. The molecule has 0 aromatic rings. The molecule has 25 heavy (non-hydrogen) atoms. The summed E-state index contributed by atoms with van der Waals surface area (Å²) in [6.07, 6.45) is 1.57. The first kappa shape index (κ1) is 22.4. The first-order valence-electron chi connectivity index (χ1n) is 9.21. The van der Waals surface area contributed by atoms with E-state index in [1.165, 1.54) is 0 Å². The quantitative estimate of drug-likeness (QED) is 0.350. The van der Waals surface area contributed by atoms with E-state index in [-0.39, 0.29) is 29.9 Å². The highest BCUT2D eigenvalue weighted by Crippen LogP contribution is 2.10. The van der Waals surface area contributed by atoms with Crippen molar-refractivity contribution in [3.63, 3.8) is 0 Å². The maximum Gasteiger partial charge on any atom is 0.222 e. The Hall–Kier alpha value is -0.610. The van der Waals surface area contributed by atoms with Crippen LogP contribution < -0.4 is 10.6 Å². The largest absolute Gasteiger partial charge is 0.355 e. The fourth-order valence-electron chi connectivity index (χ4n) is 3.35. The third kappa shape index (κ3) is 6.90. The molecule has 146 valence electrons. The predicted octanol–water partition coefficient (Wildman–Crippen LogP) is 0.416. The number of likely N-dealkylation sites (N-methyl/N-ethyl adjacent to an activating group) is 1. The van der Waals surface area contributed by atoms with Gasteiger partial charge >= 0.3 is 0 Å². The highest BCUT2D eigenvalue weighted by molar-refractivity contribution is 14.0. The molecule has 2 saturated heterocycles.